The minimum Gasteiger partial charge on any atom is -0.211 e. The maximum Gasteiger partial charge on any atom is 0.460 e. The van der Waals surface area contributed by atoms with E-state index < -0.39 is 35.9 Å². The van der Waals surface area contributed by atoms with Gasteiger partial charge in [-0.3, -0.25) is 0 Å². The molecule has 0 aromatic heterocycles. The molecule has 0 fully saturated rings. The van der Waals surface area contributed by atoms with Crippen molar-refractivity contribution in [2.45, 2.75) is 49.8 Å². The Hall–Kier alpha value is -1.25. The summed E-state index contributed by atoms with van der Waals surface area (Å²) in [7, 11) is 0. The third-order valence-electron chi connectivity index (χ3n) is 2.21. The molecule has 0 aromatic rings. The van der Waals surface area contributed by atoms with Gasteiger partial charge < -0.3 is 0 Å². The van der Waals surface area contributed by atoms with Gasteiger partial charge in [0.2, 0.25) is 6.08 Å². The van der Waals surface area contributed by atoms with Crippen LogP contribution < -0.4 is 0 Å². The van der Waals surface area contributed by atoms with Gasteiger partial charge in [0.15, 0.2) is 0 Å². The molecule has 0 bridgehead atoms. The normalized spacial score (nSPS) is 14.9. The molecule has 0 unspecified atom stereocenters. The third kappa shape index (κ3) is 3.25. The molecule has 0 atom stereocenters. The highest BCUT2D eigenvalue weighted by Gasteiger charge is 2.81. The molecular weight excluding hydrogens is 309 g/mol. The topological polar surface area (TPSA) is 29.4 Å². The van der Waals surface area contributed by atoms with Crippen LogP contribution in [0.3, 0.4) is 0 Å². The number of rotatable bonds is 5. The van der Waals surface area contributed by atoms with Crippen molar-refractivity contribution in [3.05, 3.63) is 0 Å². The van der Waals surface area contributed by atoms with Crippen molar-refractivity contribution >= 4 is 6.08 Å². The van der Waals surface area contributed by atoms with Crippen LogP contribution >= 0.6 is 0 Å². The molecule has 0 saturated carbocycles. The van der Waals surface area contributed by atoms with E-state index in [0.717, 1.165) is 6.08 Å². The second-order valence-electron chi connectivity index (χ2n) is 4.54. The number of hydrogen-bond acceptors (Lipinski definition) is 2. The molecule has 0 aliphatic heterocycles. The van der Waals surface area contributed by atoms with E-state index in [1.54, 1.807) is 0 Å². The van der Waals surface area contributed by atoms with E-state index >= 15 is 0 Å². The SMILES string of the molecule is CC(C)(CC(F)(F)C(F)(F)C(F)(F)C(F)(F)F)N=C=O. The molecule has 0 N–H and O–H groups in total. The van der Waals surface area contributed by atoms with E-state index in [1.165, 1.54) is 0 Å². The molecule has 0 amide bonds. The lowest BCUT2D eigenvalue weighted by atomic mass is 9.90. The average Bonchev–Trinajstić information content (AvgIpc) is 2.12. The molecule has 2 nitrogen and oxygen atoms in total. The van der Waals surface area contributed by atoms with E-state index in [1.807, 2.05) is 0 Å². The number of hydrogen-bond donors (Lipinski definition) is 0. The highest BCUT2D eigenvalue weighted by molar-refractivity contribution is 5.34. The summed E-state index contributed by atoms with van der Waals surface area (Å²) in [6.07, 6.45) is -8.33. The van der Waals surface area contributed by atoms with Crippen LogP contribution in [0.2, 0.25) is 0 Å². The largest absolute Gasteiger partial charge is 0.460 e. The van der Waals surface area contributed by atoms with Gasteiger partial charge in [0.25, 0.3) is 0 Å². The fourth-order valence-corrected chi connectivity index (χ4v) is 1.23. The average molecular weight is 317 g/mol. The molecule has 0 heterocycles. The van der Waals surface area contributed by atoms with Crippen molar-refractivity contribution in [2.24, 2.45) is 4.99 Å². The van der Waals surface area contributed by atoms with Gasteiger partial charge in [-0.15, -0.1) is 0 Å². The number of carbonyl (C=O) groups excluding carboxylic acids is 1. The lowest BCUT2D eigenvalue weighted by Crippen LogP contribution is -2.61. The standard InChI is InChI=1S/C9H8F9NO/c1-5(2,19-4-20)3-6(10,11)7(12,13)8(14,15)9(16,17)18/h3H2,1-2H3. The Bertz CT molecular complexity index is 406. The van der Waals surface area contributed by atoms with Gasteiger partial charge in [-0.1, -0.05) is 0 Å². The van der Waals surface area contributed by atoms with Crippen LogP contribution in [0.4, 0.5) is 39.5 Å². The second-order valence-corrected chi connectivity index (χ2v) is 4.54. The molecule has 0 spiro atoms. The zero-order valence-electron chi connectivity index (χ0n) is 9.96. The summed E-state index contributed by atoms with van der Waals surface area (Å²) in [5.41, 5.74) is -2.30. The molecule has 20 heavy (non-hydrogen) atoms. The molecule has 118 valence electrons. The second kappa shape index (κ2) is 4.94. The summed E-state index contributed by atoms with van der Waals surface area (Å²) in [4.78, 5) is 12.5. The van der Waals surface area contributed by atoms with Crippen LogP contribution in [0, 0.1) is 0 Å². The molecule has 0 rings (SSSR count). The monoisotopic (exact) mass is 317 g/mol. The Balaban J connectivity index is 5.64. The zero-order chi connectivity index (χ0) is 16.6. The molecule has 0 aliphatic rings. The molecule has 0 aliphatic carbocycles. The predicted molar refractivity (Wildman–Crippen MR) is 47.7 cm³/mol. The highest BCUT2D eigenvalue weighted by atomic mass is 19.4. The van der Waals surface area contributed by atoms with E-state index in [2.05, 4.69) is 4.99 Å². The van der Waals surface area contributed by atoms with Crippen LogP contribution in [0.1, 0.15) is 20.3 Å². The minimum atomic E-state index is -6.94. The molecular formula is C9H8F9NO. The van der Waals surface area contributed by atoms with Crippen molar-refractivity contribution in [3.8, 4) is 0 Å². The fourth-order valence-electron chi connectivity index (χ4n) is 1.23. The first-order valence-electron chi connectivity index (χ1n) is 4.81. The van der Waals surface area contributed by atoms with Gasteiger partial charge in [0, 0.05) is 6.42 Å². The first-order valence-corrected chi connectivity index (χ1v) is 4.81. The Kier molecular flexibility index (Phi) is 4.63. The lowest BCUT2D eigenvalue weighted by Gasteiger charge is -2.35. The van der Waals surface area contributed by atoms with E-state index in [-0.39, 0.29) is 0 Å². The fraction of sp³-hybridized carbons (Fsp3) is 0.889. The van der Waals surface area contributed by atoms with Crippen LogP contribution in [0.5, 0.6) is 0 Å². The van der Waals surface area contributed by atoms with Gasteiger partial charge in [-0.2, -0.15) is 44.5 Å². The van der Waals surface area contributed by atoms with Crippen LogP contribution in [0.25, 0.3) is 0 Å². The predicted octanol–water partition coefficient (Wildman–Crippen LogP) is 3.96. The summed E-state index contributed by atoms with van der Waals surface area (Å²) in [5, 5.41) is 0. The lowest BCUT2D eigenvalue weighted by molar-refractivity contribution is -0.397. The van der Waals surface area contributed by atoms with Gasteiger partial charge >= 0.3 is 23.9 Å². The van der Waals surface area contributed by atoms with E-state index in [4.69, 9.17) is 0 Å². The third-order valence-corrected chi connectivity index (χ3v) is 2.21. The van der Waals surface area contributed by atoms with Gasteiger partial charge in [0.05, 0.1) is 5.54 Å². The van der Waals surface area contributed by atoms with E-state index in [9.17, 15) is 44.3 Å². The first-order chi connectivity index (χ1) is 8.52. The first kappa shape index (κ1) is 18.8. The van der Waals surface area contributed by atoms with Gasteiger partial charge in [0.1, 0.15) is 0 Å². The molecule has 0 radical (unpaired) electrons. The summed E-state index contributed by atoms with van der Waals surface area (Å²) < 4.78 is 112. The molecule has 0 saturated heterocycles. The van der Waals surface area contributed by atoms with Crippen LogP contribution in [-0.2, 0) is 4.79 Å². The smallest absolute Gasteiger partial charge is 0.211 e. The number of isocyanates is 1. The highest BCUT2D eigenvalue weighted by Crippen LogP contribution is 2.55. The van der Waals surface area contributed by atoms with Crippen LogP contribution in [0.15, 0.2) is 4.99 Å². The van der Waals surface area contributed by atoms with E-state index in [0.29, 0.717) is 13.8 Å². The Morgan fingerprint density at radius 3 is 1.55 bits per heavy atom. The molecule has 0 aromatic carbocycles. The minimum absolute atomic E-state index is 0.674. The summed E-state index contributed by atoms with van der Waals surface area (Å²) >= 11 is 0. The summed E-state index contributed by atoms with van der Waals surface area (Å²) in [6.45, 7) is 1.35. The number of aliphatic imine (C=N–C) groups is 1. The number of halogens is 9. The summed E-state index contributed by atoms with van der Waals surface area (Å²) in [6, 6.07) is 0. The Labute approximate surface area is 106 Å². The van der Waals surface area contributed by atoms with Crippen molar-refractivity contribution < 1.29 is 44.3 Å². The van der Waals surface area contributed by atoms with Crippen molar-refractivity contribution in [3.63, 3.8) is 0 Å². The Morgan fingerprint density at radius 2 is 1.25 bits per heavy atom. The molecule has 11 heteroatoms. The maximum absolute atomic E-state index is 13.1. The number of alkyl halides is 9. The van der Waals surface area contributed by atoms with Crippen molar-refractivity contribution in [1.82, 2.24) is 0 Å². The zero-order valence-corrected chi connectivity index (χ0v) is 9.96. The van der Waals surface area contributed by atoms with Crippen molar-refractivity contribution in [1.29, 1.82) is 0 Å². The number of nitrogens with zero attached hydrogens (tertiary/aromatic N) is 1. The Morgan fingerprint density at radius 1 is 0.850 bits per heavy atom. The van der Waals surface area contributed by atoms with Gasteiger partial charge in [-0.05, 0) is 13.8 Å². The van der Waals surface area contributed by atoms with Crippen LogP contribution in [-0.4, -0.2) is 35.6 Å². The quantitative estimate of drug-likeness (QED) is 0.429. The van der Waals surface area contributed by atoms with Crippen molar-refractivity contribution in [2.75, 3.05) is 0 Å². The maximum atomic E-state index is 13.1. The summed E-state index contributed by atoms with van der Waals surface area (Å²) in [5.74, 6) is -19.4. The van der Waals surface area contributed by atoms with Gasteiger partial charge in [-0.25, -0.2) is 4.79 Å².